The van der Waals surface area contributed by atoms with Crippen LogP contribution in [0.1, 0.15) is 12.0 Å². The number of benzene rings is 1. The van der Waals surface area contributed by atoms with Crippen molar-refractivity contribution in [3.8, 4) is 0 Å². The van der Waals surface area contributed by atoms with E-state index in [0.717, 1.165) is 10.9 Å². The smallest absolute Gasteiger partial charge is 0.374 e. The average Bonchev–Trinajstić information content (AvgIpc) is 2.69. The van der Waals surface area contributed by atoms with E-state index in [1.807, 2.05) is 24.3 Å². The molecule has 0 radical (unpaired) electrons. The van der Waals surface area contributed by atoms with Crippen molar-refractivity contribution in [2.24, 2.45) is 0 Å². The first kappa shape index (κ1) is 11.6. The monoisotopic (exact) mass is 239 g/mol. The quantitative estimate of drug-likeness (QED) is 0.861. The second-order valence-electron chi connectivity index (χ2n) is 3.87. The molecular weight excluding hydrogens is 228 g/mol. The predicted molar refractivity (Wildman–Crippen MR) is 59.2 cm³/mol. The zero-order valence-corrected chi connectivity index (χ0v) is 8.91. The number of aryl methyl sites for hydroxylation is 1. The van der Waals surface area contributed by atoms with Gasteiger partial charge in [0.1, 0.15) is 0 Å². The molecule has 0 aliphatic carbocycles. The zero-order valence-electron chi connectivity index (χ0n) is 8.91. The third kappa shape index (κ3) is 2.27. The largest absolute Gasteiger partial charge is 0.477 e. The number of carboxylic acid groups (broad SMARTS) is 1. The number of H-pyrrole nitrogens is 1. The minimum Gasteiger partial charge on any atom is -0.477 e. The van der Waals surface area contributed by atoms with Crippen LogP contribution >= 0.6 is 0 Å². The van der Waals surface area contributed by atoms with Crippen molar-refractivity contribution in [3.05, 3.63) is 36.0 Å². The molecule has 2 N–H and O–H groups in total. The van der Waals surface area contributed by atoms with E-state index < -0.39 is 18.3 Å². The lowest BCUT2D eigenvalue weighted by Crippen LogP contribution is -2.28. The van der Waals surface area contributed by atoms with Gasteiger partial charge >= 0.3 is 11.9 Å². The molecule has 90 valence electrons. The Morgan fingerprint density at radius 3 is 2.76 bits per heavy atom. The molecule has 0 saturated carbocycles. The maximum absolute atomic E-state index is 12.9. The Morgan fingerprint density at radius 2 is 2.06 bits per heavy atom. The van der Waals surface area contributed by atoms with Crippen LogP contribution in [0, 0.1) is 0 Å². The molecule has 1 heterocycles. The summed E-state index contributed by atoms with van der Waals surface area (Å²) in [4.78, 5) is 13.2. The number of aromatic nitrogens is 1. The van der Waals surface area contributed by atoms with Gasteiger partial charge in [-0.3, -0.25) is 0 Å². The number of carbonyl (C=O) groups is 1. The van der Waals surface area contributed by atoms with Gasteiger partial charge < -0.3 is 10.1 Å². The molecule has 1 aromatic heterocycles. The van der Waals surface area contributed by atoms with E-state index in [1.54, 1.807) is 6.20 Å². The first-order chi connectivity index (χ1) is 8.00. The number of para-hydroxylation sites is 1. The number of alkyl halides is 2. The Bertz CT molecular complexity index is 548. The van der Waals surface area contributed by atoms with Crippen molar-refractivity contribution in [1.29, 1.82) is 0 Å². The lowest BCUT2D eigenvalue weighted by molar-refractivity contribution is -0.165. The summed E-state index contributed by atoms with van der Waals surface area (Å²) < 4.78 is 25.9. The summed E-state index contributed by atoms with van der Waals surface area (Å²) in [6.07, 6.45) is 0.982. The molecule has 5 heteroatoms. The maximum Gasteiger partial charge on any atom is 0.374 e. The molecule has 0 fully saturated rings. The van der Waals surface area contributed by atoms with Crippen molar-refractivity contribution in [2.45, 2.75) is 18.8 Å². The Hall–Kier alpha value is -1.91. The van der Waals surface area contributed by atoms with Crippen LogP contribution in [0.5, 0.6) is 0 Å². The van der Waals surface area contributed by atoms with Crippen molar-refractivity contribution >= 4 is 16.9 Å². The number of halogens is 2. The van der Waals surface area contributed by atoms with Crippen LogP contribution in [0.15, 0.2) is 30.5 Å². The van der Waals surface area contributed by atoms with E-state index in [1.165, 1.54) is 0 Å². The Balaban J connectivity index is 2.17. The number of fused-ring (bicyclic) bond motifs is 1. The summed E-state index contributed by atoms with van der Waals surface area (Å²) in [5, 5.41) is 9.18. The molecular formula is C12H11F2NO2. The van der Waals surface area contributed by atoms with Gasteiger partial charge in [-0.1, -0.05) is 18.2 Å². The van der Waals surface area contributed by atoms with Crippen molar-refractivity contribution in [1.82, 2.24) is 4.98 Å². The molecule has 1 aromatic carbocycles. The van der Waals surface area contributed by atoms with Crippen LogP contribution in [-0.2, 0) is 11.2 Å². The highest BCUT2D eigenvalue weighted by Crippen LogP contribution is 2.25. The fraction of sp³-hybridized carbons (Fsp3) is 0.250. The topological polar surface area (TPSA) is 53.1 Å². The molecule has 0 aliphatic rings. The Kier molecular flexibility index (Phi) is 2.83. The van der Waals surface area contributed by atoms with E-state index in [-0.39, 0.29) is 6.42 Å². The highest BCUT2D eigenvalue weighted by Gasteiger charge is 2.38. The fourth-order valence-electron chi connectivity index (χ4n) is 1.74. The van der Waals surface area contributed by atoms with Crippen LogP contribution in [0.25, 0.3) is 10.9 Å². The lowest BCUT2D eigenvalue weighted by atomic mass is 10.1. The van der Waals surface area contributed by atoms with Gasteiger partial charge in [0.15, 0.2) is 0 Å². The number of nitrogens with one attached hydrogen (secondary N) is 1. The first-order valence-corrected chi connectivity index (χ1v) is 5.17. The summed E-state index contributed by atoms with van der Waals surface area (Å²) in [6.45, 7) is 0. The molecule has 0 atom stereocenters. The van der Waals surface area contributed by atoms with E-state index in [2.05, 4.69) is 4.98 Å². The predicted octanol–water partition coefficient (Wildman–Crippen LogP) is 2.82. The summed E-state index contributed by atoms with van der Waals surface area (Å²) >= 11 is 0. The first-order valence-electron chi connectivity index (χ1n) is 5.17. The van der Waals surface area contributed by atoms with E-state index >= 15 is 0 Å². The molecule has 17 heavy (non-hydrogen) atoms. The minimum absolute atomic E-state index is 0.0311. The van der Waals surface area contributed by atoms with Gasteiger partial charge in [0.05, 0.1) is 0 Å². The van der Waals surface area contributed by atoms with Gasteiger partial charge in [-0.2, -0.15) is 8.78 Å². The molecule has 0 aliphatic heterocycles. The van der Waals surface area contributed by atoms with Crippen LogP contribution in [0.4, 0.5) is 8.78 Å². The summed E-state index contributed by atoms with van der Waals surface area (Å²) in [5.74, 6) is -5.74. The van der Waals surface area contributed by atoms with Gasteiger partial charge in [-0.25, -0.2) is 4.79 Å². The average molecular weight is 239 g/mol. The lowest BCUT2D eigenvalue weighted by Gasteiger charge is -2.09. The molecule has 2 rings (SSSR count). The van der Waals surface area contributed by atoms with Crippen LogP contribution in [0.2, 0.25) is 0 Å². The Labute approximate surface area is 96.1 Å². The highest BCUT2D eigenvalue weighted by molar-refractivity contribution is 5.83. The minimum atomic E-state index is -3.67. The van der Waals surface area contributed by atoms with Gasteiger partial charge in [0.25, 0.3) is 0 Å². The highest BCUT2D eigenvalue weighted by atomic mass is 19.3. The SMILES string of the molecule is O=C(O)C(F)(F)CCc1c[nH]c2ccccc12. The molecule has 0 amide bonds. The Morgan fingerprint density at radius 1 is 1.35 bits per heavy atom. The normalized spacial score (nSPS) is 11.9. The third-order valence-electron chi connectivity index (χ3n) is 2.70. The van der Waals surface area contributed by atoms with Crippen LogP contribution < -0.4 is 0 Å². The fourth-order valence-corrected chi connectivity index (χ4v) is 1.74. The third-order valence-corrected chi connectivity index (χ3v) is 2.70. The number of aliphatic carboxylic acids is 1. The number of hydrogen-bond donors (Lipinski definition) is 2. The van der Waals surface area contributed by atoms with E-state index in [0.29, 0.717) is 5.56 Å². The number of rotatable bonds is 4. The van der Waals surface area contributed by atoms with E-state index in [9.17, 15) is 13.6 Å². The summed E-state index contributed by atoms with van der Waals surface area (Å²) in [7, 11) is 0. The molecule has 0 spiro atoms. The van der Waals surface area contributed by atoms with Crippen molar-refractivity contribution in [2.75, 3.05) is 0 Å². The van der Waals surface area contributed by atoms with Gasteiger partial charge in [0, 0.05) is 23.5 Å². The standard InChI is InChI=1S/C12H11F2NO2/c13-12(14,11(16)17)6-5-8-7-15-10-4-2-1-3-9(8)10/h1-4,7,15H,5-6H2,(H,16,17). The molecule has 3 nitrogen and oxygen atoms in total. The molecule has 0 unspecified atom stereocenters. The van der Waals surface area contributed by atoms with E-state index in [4.69, 9.17) is 5.11 Å². The molecule has 2 aromatic rings. The number of carboxylic acids is 1. The number of aromatic amines is 1. The van der Waals surface area contributed by atoms with Crippen molar-refractivity contribution < 1.29 is 18.7 Å². The number of hydrogen-bond acceptors (Lipinski definition) is 1. The zero-order chi connectivity index (χ0) is 12.5. The van der Waals surface area contributed by atoms with Crippen LogP contribution in [0.3, 0.4) is 0 Å². The maximum atomic E-state index is 12.9. The van der Waals surface area contributed by atoms with Gasteiger partial charge in [-0.05, 0) is 18.1 Å². The second-order valence-corrected chi connectivity index (χ2v) is 3.87. The summed E-state index contributed by atoms with van der Waals surface area (Å²) in [6, 6.07) is 7.32. The van der Waals surface area contributed by atoms with Gasteiger partial charge in [0.2, 0.25) is 0 Å². The second kappa shape index (κ2) is 4.16. The molecule has 0 saturated heterocycles. The molecule has 0 bridgehead atoms. The summed E-state index contributed by atoms with van der Waals surface area (Å²) in [5.41, 5.74) is 1.57. The van der Waals surface area contributed by atoms with Crippen LogP contribution in [-0.4, -0.2) is 22.0 Å². The van der Waals surface area contributed by atoms with Gasteiger partial charge in [-0.15, -0.1) is 0 Å². The van der Waals surface area contributed by atoms with Crippen molar-refractivity contribution in [3.63, 3.8) is 0 Å².